The summed E-state index contributed by atoms with van der Waals surface area (Å²) in [6.45, 7) is 0. The molecule has 0 aliphatic heterocycles. The Hall–Kier alpha value is -5.02. The van der Waals surface area contributed by atoms with Crippen LogP contribution in [0.1, 0.15) is 16.7 Å². The molecule has 5 N–H and O–H groups in total. The van der Waals surface area contributed by atoms with Gasteiger partial charge in [-0.1, -0.05) is 48.0 Å². The number of nitrogens with one attached hydrogen (secondary N) is 2. The van der Waals surface area contributed by atoms with Crippen LogP contribution in [0, 0.1) is 11.6 Å². The van der Waals surface area contributed by atoms with Gasteiger partial charge in [-0.2, -0.15) is 0 Å². The van der Waals surface area contributed by atoms with Crippen molar-refractivity contribution in [3.8, 4) is 16.9 Å². The number of H-pyrrole nitrogens is 1. The standard InChI is InChI=1S/C30H21ClF2N4O3/c31-23-13-19(6-9-26(23)38)22(29(34)40)12-20-15-35-30-21(20)7-10-27(37-30)36-28(39)11-16-1-3-17(4-2-16)18-5-8-24(32)25(33)14-18/h1-10,12-15,38H,11H2,(H2,34,40)(H2,35,36,37,39). The van der Waals surface area contributed by atoms with Crippen LogP contribution in [0.3, 0.4) is 0 Å². The minimum absolute atomic E-state index is 0.0770. The lowest BCUT2D eigenvalue weighted by Crippen LogP contribution is -2.15. The number of aromatic nitrogens is 2. The number of primary amides is 1. The van der Waals surface area contributed by atoms with Crippen molar-refractivity contribution in [1.29, 1.82) is 0 Å². The predicted molar refractivity (Wildman–Crippen MR) is 150 cm³/mol. The topological polar surface area (TPSA) is 121 Å². The molecule has 0 atom stereocenters. The number of aromatic amines is 1. The van der Waals surface area contributed by atoms with Crippen molar-refractivity contribution < 1.29 is 23.5 Å². The van der Waals surface area contributed by atoms with E-state index in [1.807, 2.05) is 0 Å². The van der Waals surface area contributed by atoms with Crippen molar-refractivity contribution in [2.45, 2.75) is 6.42 Å². The first-order valence-electron chi connectivity index (χ1n) is 12.0. The van der Waals surface area contributed by atoms with Gasteiger partial charge < -0.3 is 21.1 Å². The number of carbonyl (C=O) groups is 2. The summed E-state index contributed by atoms with van der Waals surface area (Å²) in [5, 5.41) is 13.2. The molecule has 5 aromatic rings. The highest BCUT2D eigenvalue weighted by atomic mass is 35.5. The average Bonchev–Trinajstić information content (AvgIpc) is 3.32. The molecule has 40 heavy (non-hydrogen) atoms. The summed E-state index contributed by atoms with van der Waals surface area (Å²) in [6.07, 6.45) is 3.32. The van der Waals surface area contributed by atoms with Crippen molar-refractivity contribution >= 4 is 51.9 Å². The Balaban J connectivity index is 1.30. The first-order valence-corrected chi connectivity index (χ1v) is 12.4. The van der Waals surface area contributed by atoms with E-state index in [1.165, 1.54) is 24.3 Å². The second-order valence-corrected chi connectivity index (χ2v) is 9.38. The van der Waals surface area contributed by atoms with Crippen LogP contribution in [-0.2, 0) is 16.0 Å². The van der Waals surface area contributed by atoms with Gasteiger partial charge in [0.2, 0.25) is 11.8 Å². The third-order valence-corrected chi connectivity index (χ3v) is 6.54. The summed E-state index contributed by atoms with van der Waals surface area (Å²) in [6, 6.07) is 18.4. The molecule has 0 saturated carbocycles. The molecule has 2 aromatic heterocycles. The Labute approximate surface area is 231 Å². The number of halogens is 3. The van der Waals surface area contributed by atoms with E-state index in [1.54, 1.807) is 48.7 Å². The molecule has 7 nitrogen and oxygen atoms in total. The van der Waals surface area contributed by atoms with Crippen LogP contribution in [0.15, 0.2) is 79.0 Å². The van der Waals surface area contributed by atoms with Gasteiger partial charge >= 0.3 is 0 Å². The number of anilines is 1. The number of hydrogen-bond acceptors (Lipinski definition) is 4. The SMILES string of the molecule is NC(=O)C(=Cc1c[nH]c2nc(NC(=O)Cc3ccc(-c4ccc(F)c(F)c4)cc3)ccc12)c1ccc(O)c(Cl)c1. The highest BCUT2D eigenvalue weighted by Crippen LogP contribution is 2.30. The second kappa shape index (κ2) is 11.0. The van der Waals surface area contributed by atoms with E-state index in [0.717, 1.165) is 17.7 Å². The van der Waals surface area contributed by atoms with Crippen molar-refractivity contribution in [3.63, 3.8) is 0 Å². The van der Waals surface area contributed by atoms with Crippen LogP contribution < -0.4 is 11.1 Å². The highest BCUT2D eigenvalue weighted by Gasteiger charge is 2.14. The number of rotatable bonds is 7. The van der Waals surface area contributed by atoms with E-state index in [0.29, 0.717) is 39.1 Å². The molecule has 10 heteroatoms. The second-order valence-electron chi connectivity index (χ2n) is 8.98. The number of benzene rings is 3. The number of phenols is 1. The Morgan fingerprint density at radius 2 is 1.73 bits per heavy atom. The zero-order valence-electron chi connectivity index (χ0n) is 20.7. The summed E-state index contributed by atoms with van der Waals surface area (Å²) >= 11 is 5.99. The lowest BCUT2D eigenvalue weighted by Gasteiger charge is -2.07. The van der Waals surface area contributed by atoms with Gasteiger partial charge in [0.1, 0.15) is 17.2 Å². The molecule has 0 spiro atoms. The fourth-order valence-electron chi connectivity index (χ4n) is 4.20. The molecule has 3 aromatic carbocycles. The smallest absolute Gasteiger partial charge is 0.249 e. The third kappa shape index (κ3) is 5.69. The first-order chi connectivity index (χ1) is 19.2. The van der Waals surface area contributed by atoms with E-state index >= 15 is 0 Å². The van der Waals surface area contributed by atoms with Crippen LogP contribution in [0.2, 0.25) is 5.02 Å². The summed E-state index contributed by atoms with van der Waals surface area (Å²) in [5.74, 6) is -2.59. The first kappa shape index (κ1) is 26.6. The number of phenolic OH excluding ortho intramolecular Hbond substituents is 1. The molecule has 0 unspecified atom stereocenters. The van der Waals surface area contributed by atoms with E-state index in [2.05, 4.69) is 15.3 Å². The lowest BCUT2D eigenvalue weighted by molar-refractivity contribution is -0.115. The maximum absolute atomic E-state index is 13.5. The predicted octanol–water partition coefficient (Wildman–Crippen LogP) is 6.07. The highest BCUT2D eigenvalue weighted by molar-refractivity contribution is 6.33. The number of hydrogen-bond donors (Lipinski definition) is 4. The van der Waals surface area contributed by atoms with Gasteiger partial charge in [0.25, 0.3) is 0 Å². The third-order valence-electron chi connectivity index (χ3n) is 6.23. The molecule has 2 heterocycles. The van der Waals surface area contributed by atoms with Gasteiger partial charge in [0.05, 0.1) is 11.4 Å². The fourth-order valence-corrected chi connectivity index (χ4v) is 4.39. The minimum atomic E-state index is -0.925. The molecule has 0 aliphatic rings. The van der Waals surface area contributed by atoms with Crippen LogP contribution in [0.4, 0.5) is 14.6 Å². The molecule has 5 rings (SSSR count). The summed E-state index contributed by atoms with van der Waals surface area (Å²) in [7, 11) is 0. The van der Waals surface area contributed by atoms with Crippen LogP contribution >= 0.6 is 11.6 Å². The lowest BCUT2D eigenvalue weighted by atomic mass is 10.0. The number of aromatic hydroxyl groups is 1. The van der Waals surface area contributed by atoms with Crippen LogP contribution in [0.25, 0.3) is 33.8 Å². The van der Waals surface area contributed by atoms with Crippen molar-refractivity contribution in [2.75, 3.05) is 5.32 Å². The summed E-state index contributed by atoms with van der Waals surface area (Å²) in [4.78, 5) is 32.3. The van der Waals surface area contributed by atoms with E-state index < -0.39 is 17.5 Å². The monoisotopic (exact) mass is 558 g/mol. The van der Waals surface area contributed by atoms with E-state index in [-0.39, 0.29) is 28.7 Å². The zero-order chi connectivity index (χ0) is 28.4. The van der Waals surface area contributed by atoms with Gasteiger partial charge in [-0.15, -0.1) is 0 Å². The van der Waals surface area contributed by atoms with Crippen LogP contribution in [0.5, 0.6) is 5.75 Å². The molecule has 2 amide bonds. The Morgan fingerprint density at radius 3 is 2.42 bits per heavy atom. The number of carbonyl (C=O) groups excluding carboxylic acids is 2. The van der Waals surface area contributed by atoms with Crippen molar-refractivity contribution in [2.24, 2.45) is 5.73 Å². The van der Waals surface area contributed by atoms with Gasteiger partial charge in [-0.05, 0) is 64.7 Å². The largest absolute Gasteiger partial charge is 0.506 e. The maximum Gasteiger partial charge on any atom is 0.249 e. The summed E-state index contributed by atoms with van der Waals surface area (Å²) in [5.41, 5.74) is 9.30. The Kier molecular flexibility index (Phi) is 7.31. The molecule has 0 fully saturated rings. The fraction of sp³-hybridized carbons (Fsp3) is 0.0333. The minimum Gasteiger partial charge on any atom is -0.506 e. The molecule has 0 radical (unpaired) electrons. The molecular formula is C30H21ClF2N4O3. The van der Waals surface area contributed by atoms with Crippen LogP contribution in [-0.4, -0.2) is 26.9 Å². The molecule has 200 valence electrons. The number of amides is 2. The number of fused-ring (bicyclic) bond motifs is 1. The Morgan fingerprint density at radius 1 is 0.975 bits per heavy atom. The Bertz CT molecular complexity index is 1800. The zero-order valence-corrected chi connectivity index (χ0v) is 21.5. The van der Waals surface area contributed by atoms with E-state index in [9.17, 15) is 23.5 Å². The number of pyridine rings is 1. The van der Waals surface area contributed by atoms with Crippen molar-refractivity contribution in [3.05, 3.63) is 112 Å². The van der Waals surface area contributed by atoms with E-state index in [4.69, 9.17) is 17.3 Å². The van der Waals surface area contributed by atoms with Gasteiger partial charge in [-0.3, -0.25) is 9.59 Å². The normalized spacial score (nSPS) is 11.5. The molecule has 0 saturated heterocycles. The average molecular weight is 559 g/mol. The van der Waals surface area contributed by atoms with Crippen molar-refractivity contribution in [1.82, 2.24) is 9.97 Å². The van der Waals surface area contributed by atoms with Gasteiger partial charge in [0.15, 0.2) is 11.6 Å². The molecule has 0 aliphatic carbocycles. The maximum atomic E-state index is 13.5. The molecular weight excluding hydrogens is 538 g/mol. The molecule has 0 bridgehead atoms. The number of nitrogens with two attached hydrogens (primary N) is 1. The van der Waals surface area contributed by atoms with Gasteiger partial charge in [-0.25, -0.2) is 13.8 Å². The summed E-state index contributed by atoms with van der Waals surface area (Å²) < 4.78 is 26.7. The quantitative estimate of drug-likeness (QED) is 0.181. The number of nitrogens with zero attached hydrogens (tertiary/aromatic N) is 1. The van der Waals surface area contributed by atoms with Gasteiger partial charge in [0, 0.05) is 22.7 Å².